The maximum Gasteiger partial charge on any atom is 0.256 e. The molecule has 0 spiro atoms. The molecule has 0 aromatic heterocycles. The zero-order chi connectivity index (χ0) is 32.7. The maximum atomic E-state index is 14.7. The van der Waals surface area contributed by atoms with Crippen molar-refractivity contribution < 1.29 is 35.1 Å². The third-order valence-corrected chi connectivity index (χ3v) is 7.49. The van der Waals surface area contributed by atoms with Crippen LogP contribution in [0.4, 0.5) is 40.8 Å². The van der Waals surface area contributed by atoms with E-state index >= 15 is 0 Å². The summed E-state index contributed by atoms with van der Waals surface area (Å²) < 4.78 is 114. The number of nitrogens with zero attached hydrogens (tertiary/aromatic N) is 2. The van der Waals surface area contributed by atoms with Gasteiger partial charge >= 0.3 is 0 Å². The van der Waals surface area contributed by atoms with Crippen molar-refractivity contribution in [2.45, 2.75) is 57.8 Å². The third kappa shape index (κ3) is 7.88. The summed E-state index contributed by atoms with van der Waals surface area (Å²) in [7, 11) is 0. The van der Waals surface area contributed by atoms with E-state index in [1.807, 2.05) is 0 Å². The first-order valence-electron chi connectivity index (χ1n) is 14.3. The van der Waals surface area contributed by atoms with E-state index in [0.717, 1.165) is 80.6 Å². The number of rotatable bonds is 12. The van der Waals surface area contributed by atoms with Crippen molar-refractivity contribution >= 4 is 5.69 Å². The first-order valence-corrected chi connectivity index (χ1v) is 14.3. The molecular weight excluding hydrogens is 600 g/mol. The van der Waals surface area contributed by atoms with Crippen LogP contribution in [0.2, 0.25) is 0 Å². The number of nitriles is 1. The minimum Gasteiger partial charge on any atom is -0.232 e. The quantitative estimate of drug-likeness (QED) is 0.0874. The van der Waals surface area contributed by atoms with E-state index in [9.17, 15) is 35.1 Å². The van der Waals surface area contributed by atoms with E-state index in [2.05, 4.69) is 4.85 Å². The second-order valence-corrected chi connectivity index (χ2v) is 10.7. The molecule has 0 radical (unpaired) electrons. The van der Waals surface area contributed by atoms with Gasteiger partial charge in [-0.1, -0.05) is 32.1 Å². The Kier molecular flexibility index (Phi) is 11.0. The number of benzene rings is 4. The molecular formula is C35H26F8N2. The minimum absolute atomic E-state index is 0.331. The molecule has 0 atom stereocenters. The Bertz CT molecular complexity index is 1580. The predicted molar refractivity (Wildman–Crippen MR) is 154 cm³/mol. The van der Waals surface area contributed by atoms with Gasteiger partial charge < -0.3 is 0 Å². The van der Waals surface area contributed by atoms with Crippen molar-refractivity contribution in [2.24, 2.45) is 0 Å². The lowest BCUT2D eigenvalue weighted by Gasteiger charge is -2.10. The van der Waals surface area contributed by atoms with Crippen LogP contribution in [0.25, 0.3) is 27.1 Å². The van der Waals surface area contributed by atoms with Gasteiger partial charge in [0.2, 0.25) is 0 Å². The Morgan fingerprint density at radius 1 is 0.489 bits per heavy atom. The highest BCUT2D eigenvalue weighted by atomic mass is 19.2. The van der Waals surface area contributed by atoms with Crippen LogP contribution in [-0.2, 0) is 12.8 Å². The minimum atomic E-state index is -1.20. The number of unbranched alkanes of at least 4 members (excludes halogenated alkanes) is 6. The van der Waals surface area contributed by atoms with E-state index < -0.39 is 68.9 Å². The van der Waals surface area contributed by atoms with Gasteiger partial charge in [-0.3, -0.25) is 0 Å². The zero-order valence-electron chi connectivity index (χ0n) is 23.9. The van der Waals surface area contributed by atoms with Crippen molar-refractivity contribution in [3.63, 3.8) is 0 Å². The molecule has 4 aromatic rings. The second-order valence-electron chi connectivity index (χ2n) is 10.7. The van der Waals surface area contributed by atoms with E-state index in [0.29, 0.717) is 36.8 Å². The zero-order valence-corrected chi connectivity index (χ0v) is 23.9. The Labute approximate surface area is 255 Å². The van der Waals surface area contributed by atoms with Gasteiger partial charge in [0.1, 0.15) is 58.2 Å². The van der Waals surface area contributed by atoms with Gasteiger partial charge in [-0.05, 0) is 96.5 Å². The Hall–Kier alpha value is -4.70. The fourth-order valence-electron chi connectivity index (χ4n) is 5.27. The summed E-state index contributed by atoms with van der Waals surface area (Å²) >= 11 is 0. The van der Waals surface area contributed by atoms with Crippen LogP contribution in [0.3, 0.4) is 0 Å². The largest absolute Gasteiger partial charge is 0.256 e. The average Bonchev–Trinajstić information content (AvgIpc) is 2.95. The van der Waals surface area contributed by atoms with Crippen molar-refractivity contribution in [3.05, 3.63) is 123 Å². The molecule has 0 aliphatic rings. The smallest absolute Gasteiger partial charge is 0.232 e. The Morgan fingerprint density at radius 3 is 1.16 bits per heavy atom. The first-order chi connectivity index (χ1) is 21.5. The maximum absolute atomic E-state index is 14.7. The van der Waals surface area contributed by atoms with Crippen molar-refractivity contribution in [1.29, 1.82) is 5.26 Å². The van der Waals surface area contributed by atoms with Crippen LogP contribution in [0.5, 0.6) is 0 Å². The standard InChI is InChI=1S/C35H26F8N2/c1-45-35-31(42)17-23(18-32(35)43)34-29(40)13-21(14-30(34)41)10-8-6-4-2-3-5-7-9-20-11-27(38)33(28(39)12-20)22-15-25(36)24(19-44)26(37)16-22/h11-18H,2-10H2. The molecule has 232 valence electrons. The summed E-state index contributed by atoms with van der Waals surface area (Å²) in [4.78, 5) is 2.73. The summed E-state index contributed by atoms with van der Waals surface area (Å²) in [5, 5.41) is 8.78. The predicted octanol–water partition coefficient (Wildman–Crippen LogP) is 11.1. The molecule has 0 N–H and O–H groups in total. The molecule has 0 heterocycles. The normalized spacial score (nSPS) is 11.0. The van der Waals surface area contributed by atoms with Crippen LogP contribution in [-0.4, -0.2) is 0 Å². The number of halogens is 8. The van der Waals surface area contributed by atoms with Gasteiger partial charge in [-0.25, -0.2) is 40.0 Å². The Balaban J connectivity index is 1.20. The number of hydrogen-bond donors (Lipinski definition) is 0. The van der Waals surface area contributed by atoms with Gasteiger partial charge in [0.05, 0.1) is 17.7 Å². The molecule has 10 heteroatoms. The SMILES string of the molecule is [C-]#[N+]c1c(F)cc(-c2c(F)cc(CCCCCCCCCc3cc(F)c(-c4cc(F)c(C#N)c(F)c4)c(F)c3)cc2F)cc1F. The van der Waals surface area contributed by atoms with E-state index in [-0.39, 0.29) is 11.1 Å². The van der Waals surface area contributed by atoms with Gasteiger partial charge in [0.15, 0.2) is 0 Å². The molecule has 4 aromatic carbocycles. The molecule has 0 fully saturated rings. The summed E-state index contributed by atoms with van der Waals surface area (Å²) in [5.74, 6) is -8.62. The second kappa shape index (κ2) is 14.9. The van der Waals surface area contributed by atoms with Crippen molar-refractivity contribution in [3.8, 4) is 28.3 Å². The van der Waals surface area contributed by atoms with Crippen molar-refractivity contribution in [2.75, 3.05) is 0 Å². The molecule has 2 nitrogen and oxygen atoms in total. The molecule has 45 heavy (non-hydrogen) atoms. The topological polar surface area (TPSA) is 28.1 Å². The van der Waals surface area contributed by atoms with E-state index in [1.54, 1.807) is 0 Å². The van der Waals surface area contributed by atoms with Gasteiger partial charge in [0.25, 0.3) is 5.69 Å². The van der Waals surface area contributed by atoms with Gasteiger partial charge in [-0.2, -0.15) is 5.26 Å². The average molecular weight is 627 g/mol. The highest BCUT2D eigenvalue weighted by Gasteiger charge is 2.20. The van der Waals surface area contributed by atoms with Crippen LogP contribution in [0.15, 0.2) is 48.5 Å². The Morgan fingerprint density at radius 2 is 0.822 bits per heavy atom. The van der Waals surface area contributed by atoms with Crippen LogP contribution in [0, 0.1) is 64.4 Å². The molecule has 0 unspecified atom stereocenters. The summed E-state index contributed by atoms with van der Waals surface area (Å²) in [5.41, 5.74) is -2.65. The lowest BCUT2D eigenvalue weighted by Crippen LogP contribution is -1.98. The van der Waals surface area contributed by atoms with Crippen LogP contribution >= 0.6 is 0 Å². The summed E-state index contributed by atoms with van der Waals surface area (Å²) in [6, 6.07) is 8.81. The number of hydrogen-bond acceptors (Lipinski definition) is 1. The fraction of sp³-hybridized carbons (Fsp3) is 0.257. The monoisotopic (exact) mass is 626 g/mol. The molecule has 0 aliphatic heterocycles. The van der Waals surface area contributed by atoms with Crippen LogP contribution in [0.1, 0.15) is 61.6 Å². The van der Waals surface area contributed by atoms with Gasteiger partial charge in [0, 0.05) is 0 Å². The van der Waals surface area contributed by atoms with E-state index in [4.69, 9.17) is 11.8 Å². The molecule has 0 amide bonds. The van der Waals surface area contributed by atoms with Crippen LogP contribution < -0.4 is 0 Å². The third-order valence-electron chi connectivity index (χ3n) is 7.49. The summed E-state index contributed by atoms with van der Waals surface area (Å²) in [6.45, 7) is 6.79. The summed E-state index contributed by atoms with van der Waals surface area (Å²) in [6.07, 6.45) is 6.35. The lowest BCUT2D eigenvalue weighted by molar-refractivity contribution is 0.565. The fourth-order valence-corrected chi connectivity index (χ4v) is 5.27. The van der Waals surface area contributed by atoms with E-state index in [1.165, 1.54) is 6.07 Å². The van der Waals surface area contributed by atoms with Crippen molar-refractivity contribution in [1.82, 2.24) is 0 Å². The molecule has 0 aliphatic carbocycles. The highest BCUT2D eigenvalue weighted by molar-refractivity contribution is 5.69. The number of aryl methyl sites for hydroxylation is 2. The highest BCUT2D eigenvalue weighted by Crippen LogP contribution is 2.34. The molecule has 4 rings (SSSR count). The molecule has 0 saturated heterocycles. The first kappa shape index (κ1) is 33.2. The van der Waals surface area contributed by atoms with Gasteiger partial charge in [-0.15, -0.1) is 0 Å². The molecule has 0 bridgehead atoms. The molecule has 0 saturated carbocycles. The lowest BCUT2D eigenvalue weighted by atomic mass is 9.97.